The number of H-pyrrole nitrogens is 1. The Hall–Kier alpha value is -1.91. The molecule has 27 heavy (non-hydrogen) atoms. The molecule has 1 aliphatic carbocycles. The van der Waals surface area contributed by atoms with Gasteiger partial charge in [0.2, 0.25) is 0 Å². The Morgan fingerprint density at radius 3 is 2.74 bits per heavy atom. The van der Waals surface area contributed by atoms with E-state index in [4.69, 9.17) is 13.9 Å². The predicted molar refractivity (Wildman–Crippen MR) is 97.9 cm³/mol. The van der Waals surface area contributed by atoms with Crippen LogP contribution in [0.15, 0.2) is 27.0 Å². The second-order valence-electron chi connectivity index (χ2n) is 8.92. The summed E-state index contributed by atoms with van der Waals surface area (Å²) in [6.45, 7) is 10.9. The van der Waals surface area contributed by atoms with Crippen LogP contribution in [0, 0.1) is 0 Å². The zero-order valence-corrected chi connectivity index (χ0v) is 16.9. The van der Waals surface area contributed by atoms with Crippen molar-refractivity contribution in [1.82, 2.24) is 9.55 Å². The predicted octanol–water partition coefficient (Wildman–Crippen LogP) is 1.66. The van der Waals surface area contributed by atoms with Gasteiger partial charge in [-0.2, -0.15) is 0 Å². The number of aromatic nitrogens is 2. The van der Waals surface area contributed by atoms with Crippen LogP contribution in [0.5, 0.6) is 0 Å². The van der Waals surface area contributed by atoms with E-state index in [0.717, 1.165) is 0 Å². The topological polar surface area (TPSA) is 131 Å². The Labute approximate surface area is 156 Å². The quantitative estimate of drug-likeness (QED) is 0.360. The van der Waals surface area contributed by atoms with Gasteiger partial charge in [0, 0.05) is 17.2 Å². The third kappa shape index (κ3) is 2.20. The number of nitrogens with one attached hydrogen (secondary N) is 1. The maximum absolute atomic E-state index is 12.2. The van der Waals surface area contributed by atoms with E-state index < -0.39 is 49.1 Å². The first-order valence-electron chi connectivity index (χ1n) is 8.85. The van der Waals surface area contributed by atoms with Gasteiger partial charge in [0.1, 0.15) is 17.2 Å². The SMILES string of the molecule is CC(C)(C)[Si](C)(C)OC1C2(N=[N+]=[N-])[C@H]3OC[C@@]12O[C@H]3n1ccc(=O)[nH]c1=O. The first-order chi connectivity index (χ1) is 12.5. The van der Waals surface area contributed by atoms with Gasteiger partial charge >= 0.3 is 5.69 Å². The van der Waals surface area contributed by atoms with Crippen molar-refractivity contribution < 1.29 is 13.9 Å². The lowest BCUT2D eigenvalue weighted by Gasteiger charge is -2.40. The van der Waals surface area contributed by atoms with Crippen LogP contribution in [0.2, 0.25) is 18.1 Å². The lowest BCUT2D eigenvalue weighted by atomic mass is 10.1. The van der Waals surface area contributed by atoms with E-state index in [1.54, 1.807) is 0 Å². The van der Waals surface area contributed by atoms with Crippen LogP contribution in [0.1, 0.15) is 27.0 Å². The second-order valence-corrected chi connectivity index (χ2v) is 13.7. The van der Waals surface area contributed by atoms with Crippen molar-refractivity contribution in [2.24, 2.45) is 5.11 Å². The number of rotatable bonds is 4. The molecule has 3 fully saturated rings. The fourth-order valence-corrected chi connectivity index (χ4v) is 5.24. The molecule has 5 atom stereocenters. The zero-order valence-electron chi connectivity index (χ0n) is 15.9. The standard InChI is InChI=1S/C16H23N5O5Si/c1-14(2,3)27(4,5)26-12-15-8-24-10(16(12,15)19-20-17)11(25-15)21-7-6-9(22)18-13(21)23/h6-7,10-12H,8H2,1-5H3,(H,18,22,23)/t10-,11+,12?,15+,16?/m0/s1. The Morgan fingerprint density at radius 2 is 2.15 bits per heavy atom. The molecule has 146 valence electrons. The van der Waals surface area contributed by atoms with E-state index >= 15 is 0 Å². The highest BCUT2D eigenvalue weighted by Gasteiger charge is 2.92. The van der Waals surface area contributed by atoms with Gasteiger partial charge in [-0.25, -0.2) is 4.79 Å². The van der Waals surface area contributed by atoms with Crippen molar-refractivity contribution in [2.45, 2.75) is 68.5 Å². The Morgan fingerprint density at radius 1 is 1.44 bits per heavy atom. The normalized spacial score (nSPS) is 37.0. The Balaban J connectivity index is 1.70. The summed E-state index contributed by atoms with van der Waals surface area (Å²) >= 11 is 0. The average molecular weight is 393 g/mol. The lowest BCUT2D eigenvalue weighted by molar-refractivity contribution is -0.188. The number of azide groups is 1. The van der Waals surface area contributed by atoms with Crippen molar-refractivity contribution in [3.05, 3.63) is 43.5 Å². The van der Waals surface area contributed by atoms with Gasteiger partial charge in [-0.05, 0) is 23.7 Å². The summed E-state index contributed by atoms with van der Waals surface area (Å²) in [7, 11) is -2.14. The summed E-state index contributed by atoms with van der Waals surface area (Å²) in [4.78, 5) is 28.7. The molecule has 10 nitrogen and oxygen atoms in total. The van der Waals surface area contributed by atoms with E-state index in [0.29, 0.717) is 0 Å². The highest BCUT2D eigenvalue weighted by molar-refractivity contribution is 6.74. The molecule has 2 saturated heterocycles. The van der Waals surface area contributed by atoms with E-state index in [1.165, 1.54) is 16.8 Å². The summed E-state index contributed by atoms with van der Waals surface area (Å²) in [5, 5.41) is 4.04. The smallest absolute Gasteiger partial charge is 0.330 e. The summed E-state index contributed by atoms with van der Waals surface area (Å²) < 4.78 is 19.8. The summed E-state index contributed by atoms with van der Waals surface area (Å²) in [5.74, 6) is 0. The molecule has 0 spiro atoms. The monoisotopic (exact) mass is 393 g/mol. The maximum atomic E-state index is 12.2. The molecule has 1 N–H and O–H groups in total. The van der Waals surface area contributed by atoms with Gasteiger partial charge in [-0.1, -0.05) is 25.9 Å². The fourth-order valence-electron chi connectivity index (χ4n) is 3.92. The molecule has 1 aromatic heterocycles. The van der Waals surface area contributed by atoms with Gasteiger partial charge in [-0.15, -0.1) is 0 Å². The van der Waals surface area contributed by atoms with E-state index in [1.807, 2.05) is 0 Å². The molecule has 1 aromatic rings. The average Bonchev–Trinajstić information content (AvgIpc) is 2.83. The number of ether oxygens (including phenoxy) is 2. The van der Waals surface area contributed by atoms with Crippen LogP contribution in [-0.4, -0.2) is 47.8 Å². The molecule has 0 radical (unpaired) electrons. The lowest BCUT2D eigenvalue weighted by Crippen LogP contribution is -2.49. The summed E-state index contributed by atoms with van der Waals surface area (Å²) in [5.41, 5.74) is 6.19. The molecule has 0 amide bonds. The first kappa shape index (κ1) is 18.5. The largest absolute Gasteiger partial charge is 0.410 e. The summed E-state index contributed by atoms with van der Waals surface area (Å²) in [6.07, 6.45) is -0.491. The van der Waals surface area contributed by atoms with Gasteiger partial charge in [0.15, 0.2) is 14.5 Å². The molecule has 2 aliphatic heterocycles. The van der Waals surface area contributed by atoms with Crippen LogP contribution < -0.4 is 11.2 Å². The third-order valence-electron chi connectivity index (χ3n) is 6.47. The van der Waals surface area contributed by atoms with Crippen LogP contribution in [0.25, 0.3) is 10.4 Å². The highest BCUT2D eigenvalue weighted by atomic mass is 28.4. The minimum absolute atomic E-state index is 0.0204. The van der Waals surface area contributed by atoms with E-state index in [9.17, 15) is 15.1 Å². The highest BCUT2D eigenvalue weighted by Crippen LogP contribution is 2.71. The van der Waals surface area contributed by atoms with Crippen molar-refractivity contribution in [3.8, 4) is 0 Å². The molecule has 11 heteroatoms. The molecule has 2 bridgehead atoms. The number of hydrogen-bond donors (Lipinski definition) is 1. The second kappa shape index (κ2) is 5.33. The van der Waals surface area contributed by atoms with Crippen molar-refractivity contribution in [2.75, 3.05) is 6.61 Å². The van der Waals surface area contributed by atoms with Crippen LogP contribution in [0.4, 0.5) is 0 Å². The molecule has 3 heterocycles. The van der Waals surface area contributed by atoms with Gasteiger partial charge in [0.25, 0.3) is 5.56 Å². The summed E-state index contributed by atoms with van der Waals surface area (Å²) in [6, 6.07) is 1.24. The van der Waals surface area contributed by atoms with Gasteiger partial charge in [-0.3, -0.25) is 14.3 Å². The van der Waals surface area contributed by atoms with Crippen molar-refractivity contribution in [3.63, 3.8) is 0 Å². The van der Waals surface area contributed by atoms with Crippen LogP contribution in [-0.2, 0) is 13.9 Å². The van der Waals surface area contributed by atoms with Gasteiger partial charge in [0.05, 0.1) is 12.7 Å². The van der Waals surface area contributed by atoms with Crippen LogP contribution >= 0.6 is 0 Å². The molecular weight excluding hydrogens is 370 g/mol. The molecule has 3 aliphatic rings. The Bertz CT molecular complexity index is 961. The van der Waals surface area contributed by atoms with Crippen molar-refractivity contribution >= 4 is 8.32 Å². The number of hydrogen-bond acceptors (Lipinski definition) is 6. The molecule has 4 rings (SSSR count). The van der Waals surface area contributed by atoms with E-state index in [2.05, 4.69) is 48.9 Å². The molecular formula is C16H23N5O5Si. The minimum atomic E-state index is -2.14. The fraction of sp³-hybridized carbons (Fsp3) is 0.750. The number of aromatic amines is 1. The van der Waals surface area contributed by atoms with Crippen LogP contribution in [0.3, 0.4) is 0 Å². The maximum Gasteiger partial charge on any atom is 0.330 e. The number of nitrogens with zero attached hydrogens (tertiary/aromatic N) is 4. The minimum Gasteiger partial charge on any atom is -0.410 e. The molecule has 0 aromatic carbocycles. The first-order valence-corrected chi connectivity index (χ1v) is 11.8. The zero-order chi connectivity index (χ0) is 19.8. The van der Waals surface area contributed by atoms with Crippen molar-refractivity contribution in [1.29, 1.82) is 0 Å². The van der Waals surface area contributed by atoms with Gasteiger partial charge < -0.3 is 13.9 Å². The Kier molecular flexibility index (Phi) is 3.64. The molecule has 2 unspecified atom stereocenters. The molecule has 1 saturated carbocycles. The van der Waals surface area contributed by atoms with E-state index in [-0.39, 0.29) is 11.6 Å². The third-order valence-corrected chi connectivity index (χ3v) is 10.9.